The summed E-state index contributed by atoms with van der Waals surface area (Å²) in [7, 11) is 0. The second-order valence-electron chi connectivity index (χ2n) is 4.35. The van der Waals surface area contributed by atoms with E-state index >= 15 is 0 Å². The Morgan fingerprint density at radius 1 is 0.727 bits per heavy atom. The minimum atomic E-state index is -5.40. The highest BCUT2D eigenvalue weighted by molar-refractivity contribution is 5.43. The van der Waals surface area contributed by atoms with Gasteiger partial charge in [0.05, 0.1) is 23.3 Å². The van der Waals surface area contributed by atoms with Crippen molar-refractivity contribution in [3.8, 4) is 0 Å². The van der Waals surface area contributed by atoms with E-state index in [-0.39, 0.29) is 12.1 Å². The third-order valence-corrected chi connectivity index (χ3v) is 2.76. The third kappa shape index (κ3) is 4.28. The van der Waals surface area contributed by atoms with Gasteiger partial charge >= 0.3 is 18.5 Å². The van der Waals surface area contributed by atoms with Crippen LogP contribution in [0.1, 0.15) is 28.7 Å². The number of hydrogen-bond acceptors (Lipinski definition) is 0. The summed E-state index contributed by atoms with van der Waals surface area (Å²) in [5, 5.41) is 10.3. The van der Waals surface area contributed by atoms with Gasteiger partial charge in [0.1, 0.15) is 0 Å². The molecule has 0 aliphatic carbocycles. The van der Waals surface area contributed by atoms with E-state index in [1.165, 1.54) is 0 Å². The Hall–Kier alpha value is -1.45. The largest absolute Gasteiger partial charge is 0.416 e. The molecule has 1 aromatic rings. The summed E-state index contributed by atoms with van der Waals surface area (Å²) in [4.78, 5) is 0. The van der Waals surface area contributed by atoms with Gasteiger partial charge in [-0.25, -0.2) is 5.11 Å². The maximum absolute atomic E-state index is 12.8. The predicted molar refractivity (Wildman–Crippen MR) is 55.3 cm³/mol. The molecule has 0 bridgehead atoms. The molecule has 1 radical (unpaired) electrons. The summed E-state index contributed by atoms with van der Waals surface area (Å²) < 4.78 is 114. The van der Waals surface area contributed by atoms with Gasteiger partial charge in [0, 0.05) is 0 Å². The number of rotatable bonds is 3. The van der Waals surface area contributed by atoms with Crippen molar-refractivity contribution >= 4 is 0 Å². The molecule has 125 valence electrons. The van der Waals surface area contributed by atoms with E-state index in [9.17, 15) is 44.6 Å². The van der Waals surface area contributed by atoms with Crippen LogP contribution in [0, 0.1) is 0 Å². The smallest absolute Gasteiger partial charge is 0.237 e. The fraction of sp³-hybridized carbons (Fsp3) is 0.500. The van der Waals surface area contributed by atoms with E-state index < -0.39 is 60.2 Å². The fourth-order valence-corrected chi connectivity index (χ4v) is 1.86. The Labute approximate surface area is 118 Å². The van der Waals surface area contributed by atoms with E-state index in [2.05, 4.69) is 0 Å². The van der Waals surface area contributed by atoms with Gasteiger partial charge in [-0.3, -0.25) is 0 Å². The normalized spacial score (nSPS) is 13.5. The molecule has 0 spiro atoms. The Morgan fingerprint density at radius 2 is 1.14 bits per heavy atom. The minimum absolute atomic E-state index is 0.366. The maximum Gasteiger partial charge on any atom is 0.416 e. The lowest BCUT2D eigenvalue weighted by Gasteiger charge is -2.21. The van der Waals surface area contributed by atoms with Crippen LogP contribution in [0.5, 0.6) is 0 Å². The third-order valence-electron chi connectivity index (χ3n) is 2.76. The predicted octanol–water partition coefficient (Wildman–Crippen LogP) is 5.11. The average Bonchev–Trinajstić information content (AvgIpc) is 2.31. The van der Waals surface area contributed by atoms with Crippen molar-refractivity contribution in [3.05, 3.63) is 34.4 Å². The summed E-state index contributed by atoms with van der Waals surface area (Å²) in [6.07, 6.45) is -17.6. The van der Waals surface area contributed by atoms with Crippen molar-refractivity contribution in [1.29, 1.82) is 0 Å². The quantitative estimate of drug-likeness (QED) is 0.683. The van der Waals surface area contributed by atoms with E-state index in [4.69, 9.17) is 0 Å². The molecule has 1 nitrogen and oxygen atoms in total. The van der Waals surface area contributed by atoms with Crippen LogP contribution < -0.4 is 0 Å². The molecule has 0 saturated heterocycles. The molecule has 0 aromatic heterocycles. The Bertz CT molecular complexity index is 490. The van der Waals surface area contributed by atoms with Gasteiger partial charge in [-0.1, -0.05) is 0 Å². The number of alkyl halides is 9. The molecule has 10 heteroatoms. The molecule has 0 aliphatic rings. The number of benzene rings is 1. The molecule has 22 heavy (non-hydrogen) atoms. The van der Waals surface area contributed by atoms with E-state index in [0.717, 1.165) is 0 Å². The standard InChI is InChI=1S/C12H8F9O/c13-10(14,15)6-4-8(11(16,17)18)7(2-1-3-22)9(5-6)12(19,20)21/h4-5H,1-3H2. The zero-order chi connectivity index (χ0) is 17.3. The fourth-order valence-electron chi connectivity index (χ4n) is 1.86. The Balaban J connectivity index is 3.70. The number of hydrogen-bond donors (Lipinski definition) is 0. The highest BCUT2D eigenvalue weighted by Crippen LogP contribution is 2.43. The van der Waals surface area contributed by atoms with Crippen LogP contribution in [0.4, 0.5) is 39.5 Å². The molecule has 0 amide bonds. The molecule has 1 rings (SSSR count). The molecule has 0 atom stereocenters. The first-order valence-corrected chi connectivity index (χ1v) is 5.75. The zero-order valence-corrected chi connectivity index (χ0v) is 10.6. The van der Waals surface area contributed by atoms with E-state index in [1.54, 1.807) is 0 Å². The van der Waals surface area contributed by atoms with Crippen LogP contribution in [-0.4, -0.2) is 6.61 Å². The van der Waals surface area contributed by atoms with Crippen molar-refractivity contribution in [2.75, 3.05) is 6.61 Å². The van der Waals surface area contributed by atoms with E-state index in [0.29, 0.717) is 0 Å². The van der Waals surface area contributed by atoms with Gasteiger partial charge in [0.2, 0.25) is 0 Å². The van der Waals surface area contributed by atoms with Crippen LogP contribution in [0.3, 0.4) is 0 Å². The molecule has 0 fully saturated rings. The molecule has 0 heterocycles. The summed E-state index contributed by atoms with van der Waals surface area (Å²) in [6.45, 7) is -0.949. The monoisotopic (exact) mass is 339 g/mol. The molecular weight excluding hydrogens is 331 g/mol. The lowest BCUT2D eigenvalue weighted by atomic mass is 9.93. The second kappa shape index (κ2) is 5.98. The second-order valence-corrected chi connectivity index (χ2v) is 4.35. The lowest BCUT2D eigenvalue weighted by Crippen LogP contribution is -2.20. The van der Waals surface area contributed by atoms with Gasteiger partial charge < -0.3 is 0 Å². The maximum atomic E-state index is 12.8. The molecule has 1 aromatic carbocycles. The van der Waals surface area contributed by atoms with Crippen LogP contribution in [0.15, 0.2) is 12.1 Å². The lowest BCUT2D eigenvalue weighted by molar-refractivity contribution is -0.149. The van der Waals surface area contributed by atoms with Crippen molar-refractivity contribution in [2.45, 2.75) is 31.4 Å². The Kier molecular flexibility index (Phi) is 5.05. The molecule has 0 N–H and O–H groups in total. The van der Waals surface area contributed by atoms with Gasteiger partial charge in [-0.15, -0.1) is 0 Å². The van der Waals surface area contributed by atoms with Gasteiger partial charge in [-0.05, 0) is 30.5 Å². The molecule has 0 saturated carbocycles. The highest BCUT2D eigenvalue weighted by atomic mass is 19.4. The highest BCUT2D eigenvalue weighted by Gasteiger charge is 2.44. The molecule has 0 unspecified atom stereocenters. The zero-order valence-electron chi connectivity index (χ0n) is 10.6. The van der Waals surface area contributed by atoms with Crippen LogP contribution in [0.25, 0.3) is 0 Å². The SMILES string of the molecule is [O]CCCc1c(C(F)(F)F)cc(C(F)(F)F)cc1C(F)(F)F. The van der Waals surface area contributed by atoms with Gasteiger partial charge in [0.25, 0.3) is 0 Å². The minimum Gasteiger partial charge on any atom is -0.237 e. The summed E-state index contributed by atoms with van der Waals surface area (Å²) in [6, 6.07) is -0.731. The van der Waals surface area contributed by atoms with Gasteiger partial charge in [0.15, 0.2) is 0 Å². The molecular formula is C12H8F9O. The van der Waals surface area contributed by atoms with Crippen LogP contribution >= 0.6 is 0 Å². The summed E-state index contributed by atoms with van der Waals surface area (Å²) in [5.74, 6) is 0. The Morgan fingerprint density at radius 3 is 1.41 bits per heavy atom. The summed E-state index contributed by atoms with van der Waals surface area (Å²) >= 11 is 0. The first kappa shape index (κ1) is 18.6. The van der Waals surface area contributed by atoms with Crippen molar-refractivity contribution in [1.82, 2.24) is 0 Å². The topological polar surface area (TPSA) is 19.9 Å². The molecule has 0 aliphatic heterocycles. The van der Waals surface area contributed by atoms with E-state index in [1.807, 2.05) is 0 Å². The van der Waals surface area contributed by atoms with Crippen molar-refractivity contribution < 1.29 is 44.6 Å². The van der Waals surface area contributed by atoms with Crippen molar-refractivity contribution in [3.63, 3.8) is 0 Å². The van der Waals surface area contributed by atoms with Crippen molar-refractivity contribution in [2.24, 2.45) is 0 Å². The first-order valence-electron chi connectivity index (χ1n) is 5.75. The average molecular weight is 339 g/mol. The van der Waals surface area contributed by atoms with Gasteiger partial charge in [-0.2, -0.15) is 39.5 Å². The van der Waals surface area contributed by atoms with Crippen LogP contribution in [0.2, 0.25) is 0 Å². The number of halogens is 9. The first-order chi connectivity index (χ1) is 9.78. The van der Waals surface area contributed by atoms with Crippen LogP contribution in [-0.2, 0) is 30.1 Å². The summed E-state index contributed by atoms with van der Waals surface area (Å²) in [5.41, 5.74) is -7.44.